The van der Waals surface area contributed by atoms with Crippen LogP contribution in [0.4, 0.5) is 0 Å². The summed E-state index contributed by atoms with van der Waals surface area (Å²) in [6.07, 6.45) is 9.59. The number of hydrogen-bond acceptors (Lipinski definition) is 3. The Balaban J connectivity index is 1.95. The summed E-state index contributed by atoms with van der Waals surface area (Å²) in [5.74, 6) is 2.54. The standard InChI is InChI=1S/C23H33BrO3/c1-3-4-5-9-16-26-20-12-13-21-19(18-20)11-14-22(23(21)25-2)27-17-10-7-6-8-15-24/h11-14,18H,3-10,15-17H2,1-2H3. The number of fused-ring (bicyclic) bond motifs is 1. The minimum absolute atomic E-state index is 0.725. The van der Waals surface area contributed by atoms with Crippen LogP contribution in [0, 0.1) is 0 Å². The molecule has 27 heavy (non-hydrogen) atoms. The first kappa shape index (κ1) is 21.9. The predicted octanol–water partition coefficient (Wildman–Crippen LogP) is 7.14. The zero-order chi connectivity index (χ0) is 19.3. The highest BCUT2D eigenvalue weighted by atomic mass is 79.9. The highest BCUT2D eigenvalue weighted by molar-refractivity contribution is 9.09. The molecule has 0 aliphatic carbocycles. The molecule has 150 valence electrons. The Labute approximate surface area is 172 Å². The molecule has 2 aromatic carbocycles. The highest BCUT2D eigenvalue weighted by Gasteiger charge is 2.10. The van der Waals surface area contributed by atoms with Crippen molar-refractivity contribution in [3.05, 3.63) is 30.3 Å². The molecule has 0 unspecified atom stereocenters. The molecule has 0 aromatic heterocycles. The fraction of sp³-hybridized carbons (Fsp3) is 0.565. The van der Waals surface area contributed by atoms with Crippen LogP contribution >= 0.6 is 15.9 Å². The van der Waals surface area contributed by atoms with E-state index in [0.29, 0.717) is 0 Å². The SMILES string of the molecule is CCCCCCOc1ccc2c(OC)c(OCCCCCCBr)ccc2c1. The first-order valence-corrected chi connectivity index (χ1v) is 11.3. The van der Waals surface area contributed by atoms with Crippen molar-refractivity contribution in [2.75, 3.05) is 25.7 Å². The quantitative estimate of drug-likeness (QED) is 0.232. The summed E-state index contributed by atoms with van der Waals surface area (Å²) in [5.41, 5.74) is 0. The maximum absolute atomic E-state index is 5.98. The molecular weight excluding hydrogens is 404 g/mol. The molecular formula is C23H33BrO3. The fourth-order valence-electron chi connectivity index (χ4n) is 3.12. The maximum Gasteiger partial charge on any atom is 0.168 e. The maximum atomic E-state index is 5.98. The van der Waals surface area contributed by atoms with Crippen LogP contribution in [-0.2, 0) is 0 Å². The Bertz CT molecular complexity index is 672. The minimum atomic E-state index is 0.725. The summed E-state index contributed by atoms with van der Waals surface area (Å²) in [6, 6.07) is 10.3. The first-order valence-electron chi connectivity index (χ1n) is 10.2. The van der Waals surface area contributed by atoms with Crippen molar-refractivity contribution in [2.24, 2.45) is 0 Å². The van der Waals surface area contributed by atoms with Crippen LogP contribution in [-0.4, -0.2) is 25.7 Å². The summed E-state index contributed by atoms with van der Waals surface area (Å²) >= 11 is 3.47. The van der Waals surface area contributed by atoms with Crippen LogP contribution in [0.5, 0.6) is 17.2 Å². The Hall–Kier alpha value is -1.42. The van der Waals surface area contributed by atoms with Crippen LogP contribution < -0.4 is 14.2 Å². The summed E-state index contributed by atoms with van der Waals surface area (Å²) < 4.78 is 17.5. The number of unbranched alkanes of at least 4 members (excludes halogenated alkanes) is 6. The molecule has 0 saturated heterocycles. The van der Waals surface area contributed by atoms with E-state index >= 15 is 0 Å². The number of halogens is 1. The number of hydrogen-bond donors (Lipinski definition) is 0. The molecule has 0 N–H and O–H groups in total. The van der Waals surface area contributed by atoms with Gasteiger partial charge in [-0.05, 0) is 48.9 Å². The molecule has 0 bridgehead atoms. The van der Waals surface area contributed by atoms with E-state index in [9.17, 15) is 0 Å². The van der Waals surface area contributed by atoms with E-state index < -0.39 is 0 Å². The van der Waals surface area contributed by atoms with Gasteiger partial charge >= 0.3 is 0 Å². The lowest BCUT2D eigenvalue weighted by molar-refractivity contribution is 0.286. The lowest BCUT2D eigenvalue weighted by Gasteiger charge is -2.14. The van der Waals surface area contributed by atoms with E-state index in [0.717, 1.165) is 59.4 Å². The Kier molecular flexibility index (Phi) is 10.4. The molecule has 0 saturated carbocycles. The van der Waals surface area contributed by atoms with Gasteiger partial charge in [-0.2, -0.15) is 0 Å². The second kappa shape index (κ2) is 12.9. The van der Waals surface area contributed by atoms with Gasteiger partial charge in [0.2, 0.25) is 0 Å². The van der Waals surface area contributed by atoms with Crippen molar-refractivity contribution in [1.82, 2.24) is 0 Å². The third-order valence-corrected chi connectivity index (χ3v) is 5.22. The van der Waals surface area contributed by atoms with Gasteiger partial charge in [-0.15, -0.1) is 0 Å². The van der Waals surface area contributed by atoms with Crippen LogP contribution in [0.2, 0.25) is 0 Å². The fourth-order valence-corrected chi connectivity index (χ4v) is 3.52. The number of rotatable bonds is 14. The summed E-state index contributed by atoms with van der Waals surface area (Å²) in [4.78, 5) is 0. The first-order chi connectivity index (χ1) is 13.3. The van der Waals surface area contributed by atoms with Crippen molar-refractivity contribution >= 4 is 26.7 Å². The van der Waals surface area contributed by atoms with Crippen molar-refractivity contribution < 1.29 is 14.2 Å². The summed E-state index contributed by atoms with van der Waals surface area (Å²) in [7, 11) is 1.70. The van der Waals surface area contributed by atoms with Crippen molar-refractivity contribution in [3.63, 3.8) is 0 Å². The van der Waals surface area contributed by atoms with Crippen molar-refractivity contribution in [1.29, 1.82) is 0 Å². The molecule has 0 aliphatic heterocycles. The molecule has 0 fully saturated rings. The lowest BCUT2D eigenvalue weighted by Crippen LogP contribution is -2.00. The van der Waals surface area contributed by atoms with Gasteiger partial charge in [-0.1, -0.05) is 61.0 Å². The Morgan fingerprint density at radius 3 is 2.30 bits per heavy atom. The van der Waals surface area contributed by atoms with Crippen molar-refractivity contribution in [2.45, 2.75) is 58.3 Å². The summed E-state index contributed by atoms with van der Waals surface area (Å²) in [5, 5.41) is 3.26. The predicted molar refractivity (Wildman–Crippen MR) is 118 cm³/mol. The smallest absolute Gasteiger partial charge is 0.168 e. The average molecular weight is 437 g/mol. The van der Waals surface area contributed by atoms with Gasteiger partial charge < -0.3 is 14.2 Å². The number of benzene rings is 2. The highest BCUT2D eigenvalue weighted by Crippen LogP contribution is 2.37. The molecule has 3 nitrogen and oxygen atoms in total. The van der Waals surface area contributed by atoms with Crippen LogP contribution in [0.3, 0.4) is 0 Å². The van der Waals surface area contributed by atoms with Gasteiger partial charge in [0.1, 0.15) is 5.75 Å². The Morgan fingerprint density at radius 2 is 1.56 bits per heavy atom. The molecule has 2 rings (SSSR count). The van der Waals surface area contributed by atoms with E-state index in [4.69, 9.17) is 14.2 Å². The number of ether oxygens (including phenoxy) is 3. The third-order valence-electron chi connectivity index (χ3n) is 4.66. The average Bonchev–Trinajstić information content (AvgIpc) is 2.70. The molecule has 0 radical (unpaired) electrons. The second-order valence-electron chi connectivity index (χ2n) is 6.84. The van der Waals surface area contributed by atoms with E-state index in [1.807, 2.05) is 12.1 Å². The van der Waals surface area contributed by atoms with E-state index in [1.165, 1.54) is 38.5 Å². The van der Waals surface area contributed by atoms with Crippen LogP contribution in [0.15, 0.2) is 30.3 Å². The van der Waals surface area contributed by atoms with Gasteiger partial charge in [0.15, 0.2) is 11.5 Å². The summed E-state index contributed by atoms with van der Waals surface area (Å²) in [6.45, 7) is 3.72. The van der Waals surface area contributed by atoms with Gasteiger partial charge in [0.25, 0.3) is 0 Å². The Morgan fingerprint density at radius 1 is 0.815 bits per heavy atom. The van der Waals surface area contributed by atoms with E-state index in [2.05, 4.69) is 41.1 Å². The normalized spacial score (nSPS) is 10.9. The largest absolute Gasteiger partial charge is 0.494 e. The van der Waals surface area contributed by atoms with Crippen LogP contribution in [0.1, 0.15) is 58.3 Å². The molecule has 0 spiro atoms. The number of alkyl halides is 1. The molecule has 2 aromatic rings. The lowest BCUT2D eigenvalue weighted by atomic mass is 10.1. The van der Waals surface area contributed by atoms with E-state index in [-0.39, 0.29) is 0 Å². The van der Waals surface area contributed by atoms with Gasteiger partial charge in [0, 0.05) is 10.7 Å². The second-order valence-corrected chi connectivity index (χ2v) is 7.63. The number of methoxy groups -OCH3 is 1. The van der Waals surface area contributed by atoms with Gasteiger partial charge in [0.05, 0.1) is 20.3 Å². The van der Waals surface area contributed by atoms with Crippen molar-refractivity contribution in [3.8, 4) is 17.2 Å². The van der Waals surface area contributed by atoms with E-state index in [1.54, 1.807) is 7.11 Å². The zero-order valence-corrected chi connectivity index (χ0v) is 18.4. The monoisotopic (exact) mass is 436 g/mol. The van der Waals surface area contributed by atoms with Gasteiger partial charge in [-0.25, -0.2) is 0 Å². The topological polar surface area (TPSA) is 27.7 Å². The van der Waals surface area contributed by atoms with Crippen LogP contribution in [0.25, 0.3) is 10.8 Å². The zero-order valence-electron chi connectivity index (χ0n) is 16.8. The molecule has 0 atom stereocenters. The molecule has 4 heteroatoms. The third kappa shape index (κ3) is 7.25. The minimum Gasteiger partial charge on any atom is -0.494 e. The molecule has 0 aliphatic rings. The molecule has 0 amide bonds. The van der Waals surface area contributed by atoms with Gasteiger partial charge in [-0.3, -0.25) is 0 Å². The molecule has 0 heterocycles.